The zero-order chi connectivity index (χ0) is 18.0. The van der Waals surface area contributed by atoms with Crippen LogP contribution in [-0.4, -0.2) is 27.5 Å². The standard InChI is InChI=1S/C19H21N3O2S/c1-14(17-10-4-5-13-20-17)21-25(23,24)19-12-7-8-15-16(19)9-6-11-18(15)22(2)3/h4-14,21H,1-3H3. The molecule has 0 amide bonds. The molecule has 0 aliphatic carbocycles. The summed E-state index contributed by atoms with van der Waals surface area (Å²) in [5, 5.41) is 1.61. The summed E-state index contributed by atoms with van der Waals surface area (Å²) in [5.74, 6) is 0. The molecule has 1 unspecified atom stereocenters. The summed E-state index contributed by atoms with van der Waals surface area (Å²) in [6, 6.07) is 16.1. The Morgan fingerprint density at radius 1 is 0.960 bits per heavy atom. The van der Waals surface area contributed by atoms with Crippen LogP contribution in [0.25, 0.3) is 10.8 Å². The van der Waals surface area contributed by atoms with E-state index in [-0.39, 0.29) is 4.90 Å². The second kappa shape index (κ2) is 6.82. The largest absolute Gasteiger partial charge is 0.377 e. The number of benzene rings is 2. The Hall–Kier alpha value is -2.44. The lowest BCUT2D eigenvalue weighted by Gasteiger charge is -2.18. The molecule has 25 heavy (non-hydrogen) atoms. The summed E-state index contributed by atoms with van der Waals surface area (Å²) in [4.78, 5) is 6.47. The Balaban J connectivity index is 2.05. The third-order valence-corrected chi connectivity index (χ3v) is 5.69. The van der Waals surface area contributed by atoms with Crippen LogP contribution in [0.3, 0.4) is 0 Å². The number of anilines is 1. The zero-order valence-electron chi connectivity index (χ0n) is 14.5. The Morgan fingerprint density at radius 2 is 1.68 bits per heavy atom. The minimum absolute atomic E-state index is 0.275. The number of nitrogens with one attached hydrogen (secondary N) is 1. The first-order valence-electron chi connectivity index (χ1n) is 8.02. The van der Waals surface area contributed by atoms with Crippen molar-refractivity contribution in [2.24, 2.45) is 0 Å². The molecule has 0 saturated carbocycles. The lowest BCUT2D eigenvalue weighted by atomic mass is 10.1. The highest BCUT2D eigenvalue weighted by Crippen LogP contribution is 2.30. The maximum Gasteiger partial charge on any atom is 0.241 e. The molecule has 3 aromatic rings. The van der Waals surface area contributed by atoms with Crippen molar-refractivity contribution in [1.29, 1.82) is 0 Å². The normalized spacial score (nSPS) is 12.9. The van der Waals surface area contributed by atoms with Crippen molar-refractivity contribution in [2.45, 2.75) is 17.9 Å². The van der Waals surface area contributed by atoms with E-state index in [0.29, 0.717) is 11.1 Å². The molecule has 1 heterocycles. The van der Waals surface area contributed by atoms with E-state index in [1.165, 1.54) is 0 Å². The maximum atomic E-state index is 13.0. The molecule has 0 aliphatic heterocycles. The van der Waals surface area contributed by atoms with Gasteiger partial charge < -0.3 is 4.90 Å². The Kier molecular flexibility index (Phi) is 4.74. The van der Waals surface area contributed by atoms with Crippen LogP contribution in [0.2, 0.25) is 0 Å². The van der Waals surface area contributed by atoms with Gasteiger partial charge in [-0.3, -0.25) is 4.98 Å². The highest BCUT2D eigenvalue weighted by molar-refractivity contribution is 7.89. The summed E-state index contributed by atoms with van der Waals surface area (Å²) < 4.78 is 28.6. The molecule has 1 aromatic heterocycles. The van der Waals surface area contributed by atoms with E-state index in [1.807, 2.05) is 49.3 Å². The highest BCUT2D eigenvalue weighted by Gasteiger charge is 2.21. The van der Waals surface area contributed by atoms with Crippen LogP contribution in [0, 0.1) is 0 Å². The van der Waals surface area contributed by atoms with E-state index >= 15 is 0 Å². The van der Waals surface area contributed by atoms with Crippen LogP contribution in [0.15, 0.2) is 65.7 Å². The Morgan fingerprint density at radius 3 is 2.36 bits per heavy atom. The van der Waals surface area contributed by atoms with Crippen molar-refractivity contribution in [1.82, 2.24) is 9.71 Å². The minimum Gasteiger partial charge on any atom is -0.377 e. The number of fused-ring (bicyclic) bond motifs is 1. The van der Waals surface area contributed by atoms with Crippen molar-refractivity contribution >= 4 is 26.5 Å². The third-order valence-electron chi connectivity index (χ3n) is 4.09. The van der Waals surface area contributed by atoms with Gasteiger partial charge in [0.2, 0.25) is 10.0 Å². The fraction of sp³-hybridized carbons (Fsp3) is 0.211. The molecular weight excluding hydrogens is 334 g/mol. The van der Waals surface area contributed by atoms with Crippen LogP contribution < -0.4 is 9.62 Å². The van der Waals surface area contributed by atoms with E-state index in [0.717, 1.165) is 11.1 Å². The van der Waals surface area contributed by atoms with Crippen LogP contribution in [-0.2, 0) is 10.0 Å². The number of rotatable bonds is 5. The van der Waals surface area contributed by atoms with Crippen molar-refractivity contribution in [3.05, 3.63) is 66.5 Å². The van der Waals surface area contributed by atoms with Gasteiger partial charge in [0.1, 0.15) is 0 Å². The van der Waals surface area contributed by atoms with Crippen LogP contribution in [0.4, 0.5) is 5.69 Å². The third kappa shape index (κ3) is 3.50. The fourth-order valence-electron chi connectivity index (χ4n) is 2.88. The Bertz CT molecular complexity index is 986. The molecule has 0 saturated heterocycles. The number of nitrogens with zero attached hydrogens (tertiary/aromatic N) is 2. The van der Waals surface area contributed by atoms with E-state index in [2.05, 4.69) is 9.71 Å². The van der Waals surface area contributed by atoms with Gasteiger partial charge in [0, 0.05) is 36.8 Å². The molecule has 2 aromatic carbocycles. The first kappa shape index (κ1) is 17.4. The molecule has 6 heteroatoms. The van der Waals surface area contributed by atoms with Crippen molar-refractivity contribution < 1.29 is 8.42 Å². The smallest absolute Gasteiger partial charge is 0.241 e. The predicted octanol–water partition coefficient (Wildman–Crippen LogP) is 3.34. The van der Waals surface area contributed by atoms with E-state index < -0.39 is 16.1 Å². The van der Waals surface area contributed by atoms with Gasteiger partial charge in [0.25, 0.3) is 0 Å². The van der Waals surface area contributed by atoms with Gasteiger partial charge in [-0.2, -0.15) is 0 Å². The molecule has 130 valence electrons. The summed E-state index contributed by atoms with van der Waals surface area (Å²) in [5.41, 5.74) is 1.66. The molecule has 0 spiro atoms. The molecule has 0 aliphatic rings. The Labute approximate surface area is 148 Å². The summed E-state index contributed by atoms with van der Waals surface area (Å²) >= 11 is 0. The summed E-state index contributed by atoms with van der Waals surface area (Å²) in [6.07, 6.45) is 1.65. The molecule has 5 nitrogen and oxygen atoms in total. The van der Waals surface area contributed by atoms with Gasteiger partial charge in [-0.05, 0) is 31.2 Å². The molecule has 0 bridgehead atoms. The maximum absolute atomic E-state index is 13.0. The molecule has 3 rings (SSSR count). The van der Waals surface area contributed by atoms with Gasteiger partial charge in [0.05, 0.1) is 16.6 Å². The molecule has 1 N–H and O–H groups in total. The predicted molar refractivity (Wildman–Crippen MR) is 101 cm³/mol. The second-order valence-corrected chi connectivity index (χ2v) is 7.80. The number of hydrogen-bond acceptors (Lipinski definition) is 4. The fourth-order valence-corrected chi connectivity index (χ4v) is 4.32. The lowest BCUT2D eigenvalue weighted by molar-refractivity contribution is 0.565. The first-order valence-corrected chi connectivity index (χ1v) is 9.51. The van der Waals surface area contributed by atoms with Crippen molar-refractivity contribution in [3.8, 4) is 0 Å². The average molecular weight is 355 g/mol. The highest BCUT2D eigenvalue weighted by atomic mass is 32.2. The van der Waals surface area contributed by atoms with Crippen molar-refractivity contribution in [2.75, 3.05) is 19.0 Å². The van der Waals surface area contributed by atoms with Crippen molar-refractivity contribution in [3.63, 3.8) is 0 Å². The van der Waals surface area contributed by atoms with Crippen LogP contribution in [0.5, 0.6) is 0 Å². The minimum atomic E-state index is -3.69. The molecule has 0 fully saturated rings. The van der Waals surface area contributed by atoms with Gasteiger partial charge in [0.15, 0.2) is 0 Å². The average Bonchev–Trinajstić information content (AvgIpc) is 2.60. The number of sulfonamides is 1. The number of hydrogen-bond donors (Lipinski definition) is 1. The molecular formula is C19H21N3O2S. The lowest BCUT2D eigenvalue weighted by Crippen LogP contribution is -2.27. The topological polar surface area (TPSA) is 62.3 Å². The number of pyridine rings is 1. The van der Waals surface area contributed by atoms with E-state index in [9.17, 15) is 8.42 Å². The van der Waals surface area contributed by atoms with Gasteiger partial charge in [-0.25, -0.2) is 13.1 Å². The first-order chi connectivity index (χ1) is 11.9. The quantitative estimate of drug-likeness (QED) is 0.762. The molecule has 0 radical (unpaired) electrons. The van der Waals surface area contributed by atoms with Crippen LogP contribution >= 0.6 is 0 Å². The van der Waals surface area contributed by atoms with E-state index in [4.69, 9.17) is 0 Å². The van der Waals surface area contributed by atoms with Crippen LogP contribution in [0.1, 0.15) is 18.7 Å². The van der Waals surface area contributed by atoms with Gasteiger partial charge in [-0.1, -0.05) is 30.3 Å². The van der Waals surface area contributed by atoms with Gasteiger partial charge >= 0.3 is 0 Å². The second-order valence-electron chi connectivity index (χ2n) is 6.12. The SMILES string of the molecule is CC(NS(=O)(=O)c1cccc2c(N(C)C)cccc12)c1ccccn1. The van der Waals surface area contributed by atoms with Gasteiger partial charge in [-0.15, -0.1) is 0 Å². The van der Waals surface area contributed by atoms with E-state index in [1.54, 1.807) is 37.4 Å². The zero-order valence-corrected chi connectivity index (χ0v) is 15.3. The number of aromatic nitrogens is 1. The molecule has 1 atom stereocenters. The summed E-state index contributed by atoms with van der Waals surface area (Å²) in [7, 11) is 0.198. The summed E-state index contributed by atoms with van der Waals surface area (Å²) in [6.45, 7) is 1.79. The monoisotopic (exact) mass is 355 g/mol.